The molecule has 1 saturated heterocycles. The normalized spacial score (nSPS) is 19.7. The highest BCUT2D eigenvalue weighted by Gasteiger charge is 2.15. The summed E-state index contributed by atoms with van der Waals surface area (Å²) >= 11 is 0. The Morgan fingerprint density at radius 2 is 2.44 bits per heavy atom. The minimum absolute atomic E-state index is 0.338. The molecule has 94 valence electrons. The van der Waals surface area contributed by atoms with Gasteiger partial charge in [0.15, 0.2) is 5.82 Å². The SMILES string of the molecule is c1cnc(-n2cncn2)c(NC2CCCOC2)c1. The number of hydrogen-bond donors (Lipinski definition) is 1. The molecular weight excluding hydrogens is 230 g/mol. The summed E-state index contributed by atoms with van der Waals surface area (Å²) in [6.45, 7) is 1.60. The Balaban J connectivity index is 1.83. The zero-order valence-electron chi connectivity index (χ0n) is 9.99. The Labute approximate surface area is 105 Å². The zero-order valence-corrected chi connectivity index (χ0v) is 9.99. The molecule has 0 aromatic carbocycles. The van der Waals surface area contributed by atoms with E-state index in [2.05, 4.69) is 20.4 Å². The number of nitrogens with one attached hydrogen (secondary N) is 1. The van der Waals surface area contributed by atoms with E-state index >= 15 is 0 Å². The predicted molar refractivity (Wildman–Crippen MR) is 66.6 cm³/mol. The van der Waals surface area contributed by atoms with Gasteiger partial charge in [0.2, 0.25) is 0 Å². The third-order valence-corrected chi connectivity index (χ3v) is 2.94. The van der Waals surface area contributed by atoms with Gasteiger partial charge >= 0.3 is 0 Å². The molecule has 6 nitrogen and oxygen atoms in total. The van der Waals surface area contributed by atoms with E-state index in [1.807, 2.05) is 12.1 Å². The molecule has 2 aromatic heterocycles. The molecule has 0 bridgehead atoms. The fourth-order valence-corrected chi connectivity index (χ4v) is 2.08. The molecule has 18 heavy (non-hydrogen) atoms. The molecule has 0 aliphatic carbocycles. The average molecular weight is 245 g/mol. The summed E-state index contributed by atoms with van der Waals surface area (Å²) in [5.74, 6) is 0.764. The van der Waals surface area contributed by atoms with Gasteiger partial charge in [0.1, 0.15) is 12.7 Å². The quantitative estimate of drug-likeness (QED) is 0.881. The molecule has 1 aliphatic heterocycles. The van der Waals surface area contributed by atoms with Gasteiger partial charge in [0.25, 0.3) is 0 Å². The van der Waals surface area contributed by atoms with Crippen LogP contribution < -0.4 is 5.32 Å². The second-order valence-electron chi connectivity index (χ2n) is 4.27. The summed E-state index contributed by atoms with van der Waals surface area (Å²) in [4.78, 5) is 8.29. The van der Waals surface area contributed by atoms with Gasteiger partial charge < -0.3 is 10.1 Å². The van der Waals surface area contributed by atoms with E-state index in [4.69, 9.17) is 4.74 Å². The number of anilines is 1. The molecule has 0 radical (unpaired) electrons. The first kappa shape index (κ1) is 11.2. The first-order valence-corrected chi connectivity index (χ1v) is 6.08. The Hall–Kier alpha value is -1.95. The van der Waals surface area contributed by atoms with E-state index in [1.54, 1.807) is 17.2 Å². The average Bonchev–Trinajstić information content (AvgIpc) is 2.94. The fraction of sp³-hybridized carbons (Fsp3) is 0.417. The van der Waals surface area contributed by atoms with Crippen LogP contribution in [-0.2, 0) is 4.74 Å². The lowest BCUT2D eigenvalue weighted by atomic mass is 10.1. The van der Waals surface area contributed by atoms with Crippen LogP contribution in [0.1, 0.15) is 12.8 Å². The van der Waals surface area contributed by atoms with Gasteiger partial charge in [0, 0.05) is 18.8 Å². The van der Waals surface area contributed by atoms with Crippen molar-refractivity contribution in [2.75, 3.05) is 18.5 Å². The Kier molecular flexibility index (Phi) is 3.18. The molecule has 3 heterocycles. The monoisotopic (exact) mass is 245 g/mol. The summed E-state index contributed by atoms with van der Waals surface area (Å²) < 4.78 is 7.13. The van der Waals surface area contributed by atoms with Crippen LogP contribution >= 0.6 is 0 Å². The Morgan fingerprint density at radius 1 is 1.44 bits per heavy atom. The summed E-state index contributed by atoms with van der Waals surface area (Å²) in [6, 6.07) is 4.25. The molecule has 1 aliphatic rings. The van der Waals surface area contributed by atoms with E-state index in [9.17, 15) is 0 Å². The van der Waals surface area contributed by atoms with Gasteiger partial charge in [-0.3, -0.25) is 0 Å². The van der Waals surface area contributed by atoms with Crippen LogP contribution in [-0.4, -0.2) is 39.0 Å². The summed E-state index contributed by atoms with van der Waals surface area (Å²) in [6.07, 6.45) is 7.11. The smallest absolute Gasteiger partial charge is 0.178 e. The van der Waals surface area contributed by atoms with Crippen molar-refractivity contribution < 1.29 is 4.74 Å². The van der Waals surface area contributed by atoms with Gasteiger partial charge in [-0.15, -0.1) is 0 Å². The maximum atomic E-state index is 5.47. The molecule has 1 atom stereocenters. The summed E-state index contributed by atoms with van der Waals surface area (Å²) in [5.41, 5.74) is 0.957. The maximum Gasteiger partial charge on any atom is 0.178 e. The highest BCUT2D eigenvalue weighted by molar-refractivity contribution is 5.56. The van der Waals surface area contributed by atoms with Gasteiger partial charge in [-0.25, -0.2) is 14.6 Å². The lowest BCUT2D eigenvalue weighted by molar-refractivity contribution is 0.0876. The van der Waals surface area contributed by atoms with E-state index in [0.717, 1.165) is 37.6 Å². The van der Waals surface area contributed by atoms with Crippen molar-refractivity contribution in [3.8, 4) is 5.82 Å². The number of nitrogens with zero attached hydrogens (tertiary/aromatic N) is 4. The van der Waals surface area contributed by atoms with Crippen molar-refractivity contribution in [1.29, 1.82) is 0 Å². The molecule has 0 saturated carbocycles. The number of pyridine rings is 1. The number of hydrogen-bond acceptors (Lipinski definition) is 5. The second-order valence-corrected chi connectivity index (χ2v) is 4.27. The predicted octanol–water partition coefficient (Wildman–Crippen LogP) is 1.25. The van der Waals surface area contributed by atoms with E-state index in [1.165, 1.54) is 6.33 Å². The molecule has 1 unspecified atom stereocenters. The molecule has 6 heteroatoms. The standard InChI is InChI=1S/C12H15N5O/c1-4-11(16-10-3-2-6-18-7-10)12(14-5-1)17-9-13-8-15-17/h1,4-5,8-10,16H,2-3,6-7H2. The first-order valence-electron chi connectivity index (χ1n) is 6.08. The molecular formula is C12H15N5O. The van der Waals surface area contributed by atoms with Gasteiger partial charge in [-0.05, 0) is 25.0 Å². The minimum Gasteiger partial charge on any atom is -0.379 e. The second kappa shape index (κ2) is 5.14. The molecule has 2 aromatic rings. The molecule has 0 amide bonds. The van der Waals surface area contributed by atoms with Crippen LogP contribution in [0.3, 0.4) is 0 Å². The van der Waals surface area contributed by atoms with Crippen molar-refractivity contribution in [2.24, 2.45) is 0 Å². The molecule has 0 spiro atoms. The highest BCUT2D eigenvalue weighted by atomic mass is 16.5. The van der Waals surface area contributed by atoms with Crippen LogP contribution in [0.4, 0.5) is 5.69 Å². The van der Waals surface area contributed by atoms with Crippen molar-refractivity contribution >= 4 is 5.69 Å². The topological polar surface area (TPSA) is 64.9 Å². The summed E-state index contributed by atoms with van der Waals surface area (Å²) in [7, 11) is 0. The number of rotatable bonds is 3. The van der Waals surface area contributed by atoms with Gasteiger partial charge in [0.05, 0.1) is 12.3 Å². The largest absolute Gasteiger partial charge is 0.379 e. The Morgan fingerprint density at radius 3 is 3.22 bits per heavy atom. The molecule has 1 fully saturated rings. The number of ether oxygens (including phenoxy) is 1. The number of aromatic nitrogens is 4. The lowest BCUT2D eigenvalue weighted by Gasteiger charge is -2.24. The minimum atomic E-state index is 0.338. The van der Waals surface area contributed by atoms with Crippen LogP contribution in [0.5, 0.6) is 0 Å². The van der Waals surface area contributed by atoms with E-state index < -0.39 is 0 Å². The lowest BCUT2D eigenvalue weighted by Crippen LogP contribution is -2.30. The highest BCUT2D eigenvalue weighted by Crippen LogP contribution is 2.19. The van der Waals surface area contributed by atoms with E-state index in [-0.39, 0.29) is 0 Å². The molecule has 3 rings (SSSR count). The van der Waals surface area contributed by atoms with Gasteiger partial charge in [-0.2, -0.15) is 5.10 Å². The third-order valence-electron chi connectivity index (χ3n) is 2.94. The van der Waals surface area contributed by atoms with Crippen molar-refractivity contribution in [2.45, 2.75) is 18.9 Å². The maximum absolute atomic E-state index is 5.47. The van der Waals surface area contributed by atoms with Crippen molar-refractivity contribution in [3.05, 3.63) is 31.0 Å². The van der Waals surface area contributed by atoms with Crippen LogP contribution in [0.25, 0.3) is 5.82 Å². The van der Waals surface area contributed by atoms with E-state index in [0.29, 0.717) is 6.04 Å². The van der Waals surface area contributed by atoms with Gasteiger partial charge in [-0.1, -0.05) is 0 Å². The van der Waals surface area contributed by atoms with Crippen LogP contribution in [0, 0.1) is 0 Å². The summed E-state index contributed by atoms with van der Waals surface area (Å²) in [5, 5.41) is 7.57. The zero-order chi connectivity index (χ0) is 12.2. The Bertz CT molecular complexity index is 493. The van der Waals surface area contributed by atoms with Crippen LogP contribution in [0.2, 0.25) is 0 Å². The fourth-order valence-electron chi connectivity index (χ4n) is 2.08. The first-order chi connectivity index (χ1) is 8.93. The van der Waals surface area contributed by atoms with Crippen molar-refractivity contribution in [1.82, 2.24) is 19.7 Å². The van der Waals surface area contributed by atoms with Crippen molar-refractivity contribution in [3.63, 3.8) is 0 Å². The van der Waals surface area contributed by atoms with Crippen LogP contribution in [0.15, 0.2) is 31.0 Å². The third kappa shape index (κ3) is 2.33. The molecule has 1 N–H and O–H groups in total.